The van der Waals surface area contributed by atoms with E-state index in [-0.39, 0.29) is 5.91 Å². The Kier molecular flexibility index (Phi) is 5.38. The molecule has 0 spiro atoms. The van der Waals surface area contributed by atoms with Gasteiger partial charge in [0.05, 0.1) is 30.6 Å². The third-order valence-electron chi connectivity index (χ3n) is 3.17. The molecule has 0 aliphatic carbocycles. The van der Waals surface area contributed by atoms with E-state index in [1.54, 1.807) is 39.5 Å². The molecular weight excluding hydrogens is 364 g/mol. The lowest BCUT2D eigenvalue weighted by Crippen LogP contribution is -2.21. The van der Waals surface area contributed by atoms with Gasteiger partial charge in [-0.3, -0.25) is 9.48 Å². The first-order valence-electron chi connectivity index (χ1n) is 6.72. The molecule has 2 rings (SSSR count). The summed E-state index contributed by atoms with van der Waals surface area (Å²) in [5.41, 5.74) is 4.33. The van der Waals surface area contributed by atoms with E-state index in [4.69, 9.17) is 9.47 Å². The third-order valence-corrected chi connectivity index (χ3v) is 4.12. The van der Waals surface area contributed by atoms with Crippen LogP contribution in [0.5, 0.6) is 11.5 Å². The summed E-state index contributed by atoms with van der Waals surface area (Å²) < 4.78 is 12.5. The highest BCUT2D eigenvalue weighted by Crippen LogP contribution is 2.23. The molecule has 1 amide bonds. The summed E-state index contributed by atoms with van der Waals surface area (Å²) in [4.78, 5) is 12.2. The molecule has 0 atom stereocenters. The Hall–Kier alpha value is -2.35. The Morgan fingerprint density at radius 1 is 1.39 bits per heavy atom. The van der Waals surface area contributed by atoms with Gasteiger partial charge in [0.2, 0.25) is 0 Å². The molecule has 23 heavy (non-hydrogen) atoms. The highest BCUT2D eigenvalue weighted by atomic mass is 79.9. The van der Waals surface area contributed by atoms with Gasteiger partial charge in [-0.15, -0.1) is 0 Å². The number of carbonyl (C=O) groups is 1. The lowest BCUT2D eigenvalue weighted by Gasteiger charge is -2.07. The van der Waals surface area contributed by atoms with Gasteiger partial charge in [0.25, 0.3) is 5.91 Å². The molecule has 0 aliphatic heterocycles. The summed E-state index contributed by atoms with van der Waals surface area (Å²) >= 11 is 3.35. The van der Waals surface area contributed by atoms with Crippen molar-refractivity contribution in [2.24, 2.45) is 12.1 Å². The zero-order valence-corrected chi connectivity index (χ0v) is 14.8. The molecular formula is C15H17BrN4O3. The number of hydrogen-bond donors (Lipinski definition) is 1. The van der Waals surface area contributed by atoms with E-state index in [1.165, 1.54) is 10.9 Å². The molecule has 1 aromatic heterocycles. The molecule has 0 fully saturated rings. The van der Waals surface area contributed by atoms with Gasteiger partial charge in [-0.25, -0.2) is 5.43 Å². The summed E-state index contributed by atoms with van der Waals surface area (Å²) in [6.07, 6.45) is 1.51. The largest absolute Gasteiger partial charge is 0.497 e. The second-order valence-electron chi connectivity index (χ2n) is 4.68. The molecule has 1 N–H and O–H groups in total. The maximum Gasteiger partial charge on any atom is 0.290 e. The van der Waals surface area contributed by atoms with Crippen LogP contribution in [-0.2, 0) is 7.05 Å². The van der Waals surface area contributed by atoms with Crippen molar-refractivity contribution >= 4 is 28.1 Å². The molecule has 122 valence electrons. The summed E-state index contributed by atoms with van der Waals surface area (Å²) in [6.45, 7) is 1.81. The maximum atomic E-state index is 12.2. The van der Waals surface area contributed by atoms with Crippen LogP contribution in [0, 0.1) is 6.92 Å². The molecule has 1 heterocycles. The molecule has 0 bridgehead atoms. The van der Waals surface area contributed by atoms with Crippen LogP contribution in [0.2, 0.25) is 0 Å². The van der Waals surface area contributed by atoms with Crippen molar-refractivity contribution < 1.29 is 14.3 Å². The van der Waals surface area contributed by atoms with Crippen molar-refractivity contribution in [3.05, 3.63) is 39.6 Å². The number of ether oxygens (including phenoxy) is 2. The number of aryl methyl sites for hydroxylation is 2. The smallest absolute Gasteiger partial charge is 0.290 e. The molecule has 2 aromatic rings. The number of methoxy groups -OCH3 is 2. The van der Waals surface area contributed by atoms with Crippen molar-refractivity contribution in [2.75, 3.05) is 14.2 Å². The minimum Gasteiger partial charge on any atom is -0.497 e. The summed E-state index contributed by atoms with van der Waals surface area (Å²) in [6, 6.07) is 5.31. The SMILES string of the molecule is COc1ccc(C=NNC(=O)c2c(Br)c(C)nn2C)c(OC)c1. The second-order valence-corrected chi connectivity index (χ2v) is 5.47. The number of aromatic nitrogens is 2. The highest BCUT2D eigenvalue weighted by molar-refractivity contribution is 9.10. The van der Waals surface area contributed by atoms with Crippen molar-refractivity contribution in [3.63, 3.8) is 0 Å². The molecule has 0 radical (unpaired) electrons. The average molecular weight is 381 g/mol. The number of carbonyl (C=O) groups excluding carboxylic acids is 1. The Balaban J connectivity index is 2.14. The van der Waals surface area contributed by atoms with Gasteiger partial charge < -0.3 is 9.47 Å². The van der Waals surface area contributed by atoms with E-state index in [0.717, 1.165) is 5.69 Å². The van der Waals surface area contributed by atoms with Gasteiger partial charge in [-0.2, -0.15) is 10.2 Å². The van der Waals surface area contributed by atoms with E-state index in [1.807, 2.05) is 6.92 Å². The monoisotopic (exact) mass is 380 g/mol. The Morgan fingerprint density at radius 3 is 2.70 bits per heavy atom. The Bertz CT molecular complexity index is 755. The standard InChI is InChI=1S/C15H17BrN4O3/c1-9-13(16)14(20(2)19-9)15(21)18-17-8-10-5-6-11(22-3)7-12(10)23-4/h5-8H,1-4H3,(H,18,21). The fourth-order valence-electron chi connectivity index (χ4n) is 2.02. The Morgan fingerprint density at radius 2 is 2.13 bits per heavy atom. The Labute approximate surface area is 142 Å². The summed E-state index contributed by atoms with van der Waals surface area (Å²) in [5.74, 6) is 0.918. The minimum atomic E-state index is -0.358. The van der Waals surface area contributed by atoms with Crippen LogP contribution >= 0.6 is 15.9 Å². The van der Waals surface area contributed by atoms with E-state index < -0.39 is 0 Å². The van der Waals surface area contributed by atoms with E-state index >= 15 is 0 Å². The average Bonchev–Trinajstić information content (AvgIpc) is 2.80. The van der Waals surface area contributed by atoms with E-state index in [0.29, 0.717) is 27.2 Å². The lowest BCUT2D eigenvalue weighted by molar-refractivity contribution is 0.0945. The number of halogens is 1. The zero-order chi connectivity index (χ0) is 17.0. The minimum absolute atomic E-state index is 0.358. The van der Waals surface area contributed by atoms with Crippen molar-refractivity contribution in [3.8, 4) is 11.5 Å². The van der Waals surface area contributed by atoms with Crippen LogP contribution in [0.25, 0.3) is 0 Å². The van der Waals surface area contributed by atoms with Crippen LogP contribution in [0.4, 0.5) is 0 Å². The summed E-state index contributed by atoms with van der Waals surface area (Å²) in [5, 5.41) is 8.13. The van der Waals surface area contributed by atoms with Crippen molar-refractivity contribution in [1.82, 2.24) is 15.2 Å². The summed E-state index contributed by atoms with van der Waals surface area (Å²) in [7, 11) is 4.83. The van der Waals surface area contributed by atoms with Gasteiger partial charge in [-0.1, -0.05) is 0 Å². The molecule has 1 aromatic carbocycles. The maximum absolute atomic E-state index is 12.2. The number of hydrogen-bond acceptors (Lipinski definition) is 5. The zero-order valence-electron chi connectivity index (χ0n) is 13.3. The molecule has 0 saturated carbocycles. The molecule has 0 unspecified atom stereocenters. The van der Waals surface area contributed by atoms with Gasteiger partial charge in [0.1, 0.15) is 17.2 Å². The van der Waals surface area contributed by atoms with Gasteiger partial charge >= 0.3 is 0 Å². The van der Waals surface area contributed by atoms with Crippen LogP contribution < -0.4 is 14.9 Å². The number of rotatable bonds is 5. The number of nitrogens with one attached hydrogen (secondary N) is 1. The molecule has 0 aliphatic rings. The van der Waals surface area contributed by atoms with Crippen LogP contribution in [0.3, 0.4) is 0 Å². The number of benzene rings is 1. The lowest BCUT2D eigenvalue weighted by atomic mass is 10.2. The number of amides is 1. The van der Waals surface area contributed by atoms with E-state index in [9.17, 15) is 4.79 Å². The molecule has 7 nitrogen and oxygen atoms in total. The molecule has 8 heteroatoms. The molecule has 0 saturated heterocycles. The van der Waals surface area contributed by atoms with Crippen molar-refractivity contribution in [1.29, 1.82) is 0 Å². The van der Waals surface area contributed by atoms with Gasteiger partial charge in [0, 0.05) is 18.7 Å². The van der Waals surface area contributed by atoms with Crippen molar-refractivity contribution in [2.45, 2.75) is 6.92 Å². The number of hydrazone groups is 1. The van der Waals surface area contributed by atoms with E-state index in [2.05, 4.69) is 31.6 Å². The van der Waals surface area contributed by atoms with Gasteiger partial charge in [0.15, 0.2) is 0 Å². The van der Waals surface area contributed by atoms with Gasteiger partial charge in [-0.05, 0) is 35.0 Å². The van der Waals surface area contributed by atoms with Crippen LogP contribution in [0.1, 0.15) is 21.7 Å². The highest BCUT2D eigenvalue weighted by Gasteiger charge is 2.17. The fraction of sp³-hybridized carbons (Fsp3) is 0.267. The van der Waals surface area contributed by atoms with Crippen LogP contribution in [-0.4, -0.2) is 36.1 Å². The van der Waals surface area contributed by atoms with Crippen LogP contribution in [0.15, 0.2) is 27.8 Å². The predicted molar refractivity (Wildman–Crippen MR) is 90.3 cm³/mol. The predicted octanol–water partition coefficient (Wildman–Crippen LogP) is 2.27. The first-order chi connectivity index (χ1) is 11.0. The first-order valence-corrected chi connectivity index (χ1v) is 7.51. The second kappa shape index (κ2) is 7.28. The third kappa shape index (κ3) is 3.70. The normalized spacial score (nSPS) is 10.8. The quantitative estimate of drug-likeness (QED) is 0.637. The number of nitrogens with zero attached hydrogens (tertiary/aromatic N) is 3. The topological polar surface area (TPSA) is 77.7 Å². The fourth-order valence-corrected chi connectivity index (χ4v) is 2.53. The first kappa shape index (κ1) is 17.0.